The van der Waals surface area contributed by atoms with Crippen molar-refractivity contribution in [3.05, 3.63) is 83.4 Å². The van der Waals surface area contributed by atoms with Crippen molar-refractivity contribution in [3.8, 4) is 5.75 Å². The van der Waals surface area contributed by atoms with Crippen LogP contribution in [0.2, 0.25) is 5.02 Å². The second kappa shape index (κ2) is 13.5. The van der Waals surface area contributed by atoms with Gasteiger partial charge in [-0.3, -0.25) is 14.6 Å². The van der Waals surface area contributed by atoms with E-state index in [9.17, 15) is 22.8 Å². The molecule has 0 aromatic heterocycles. The van der Waals surface area contributed by atoms with Crippen LogP contribution in [-0.4, -0.2) is 62.6 Å². The summed E-state index contributed by atoms with van der Waals surface area (Å²) in [5.74, 6) is -0.721. The van der Waals surface area contributed by atoms with Crippen molar-refractivity contribution < 1.29 is 32.2 Å². The van der Waals surface area contributed by atoms with E-state index in [1.807, 2.05) is 0 Å². The van der Waals surface area contributed by atoms with E-state index in [-0.39, 0.29) is 24.1 Å². The van der Waals surface area contributed by atoms with E-state index in [0.29, 0.717) is 54.0 Å². The van der Waals surface area contributed by atoms with Gasteiger partial charge >= 0.3 is 12.4 Å². The third-order valence-electron chi connectivity index (χ3n) is 6.07. The van der Waals surface area contributed by atoms with Gasteiger partial charge in [0.1, 0.15) is 5.75 Å². The third kappa shape index (κ3) is 9.15. The van der Waals surface area contributed by atoms with Gasteiger partial charge in [-0.2, -0.15) is 0 Å². The summed E-state index contributed by atoms with van der Waals surface area (Å²) in [6.45, 7) is 3.98. The number of urea groups is 1. The molecular weight excluding hydrogens is 549 g/mol. The minimum absolute atomic E-state index is 0.0336. The van der Waals surface area contributed by atoms with Gasteiger partial charge < -0.3 is 20.1 Å². The van der Waals surface area contributed by atoms with Crippen molar-refractivity contribution in [1.82, 2.24) is 4.90 Å². The highest BCUT2D eigenvalue weighted by atomic mass is 35.5. The van der Waals surface area contributed by atoms with Gasteiger partial charge in [0.25, 0.3) is 0 Å². The summed E-state index contributed by atoms with van der Waals surface area (Å²) in [6.07, 6.45) is -4.75. The van der Waals surface area contributed by atoms with Crippen molar-refractivity contribution in [2.75, 3.05) is 54.9 Å². The summed E-state index contributed by atoms with van der Waals surface area (Å²) >= 11 is 5.96. The fourth-order valence-corrected chi connectivity index (χ4v) is 4.19. The first-order valence-electron chi connectivity index (χ1n) is 12.5. The van der Waals surface area contributed by atoms with Crippen LogP contribution in [0.25, 0.3) is 0 Å². The number of morpholine rings is 1. The molecule has 0 spiro atoms. The van der Waals surface area contributed by atoms with E-state index in [1.54, 1.807) is 53.4 Å². The van der Waals surface area contributed by atoms with Crippen molar-refractivity contribution >= 4 is 40.6 Å². The van der Waals surface area contributed by atoms with Gasteiger partial charge in [0.15, 0.2) is 0 Å². The van der Waals surface area contributed by atoms with Gasteiger partial charge in [-0.05, 0) is 66.2 Å². The smallest absolute Gasteiger partial charge is 0.406 e. The first kappa shape index (κ1) is 29.2. The molecule has 1 aliphatic rings. The van der Waals surface area contributed by atoms with Gasteiger partial charge in [-0.15, -0.1) is 13.2 Å². The van der Waals surface area contributed by atoms with Crippen molar-refractivity contribution in [1.29, 1.82) is 0 Å². The van der Waals surface area contributed by atoms with E-state index >= 15 is 0 Å². The first-order valence-corrected chi connectivity index (χ1v) is 12.9. The zero-order valence-corrected chi connectivity index (χ0v) is 22.2. The maximum atomic E-state index is 13.2. The SMILES string of the molecule is O=C(Cc1ccc(N(CCN2CCOCC2)C(=O)Nc2ccc(Cl)cc2)cc1)Nc1ccc(OC(F)(F)F)cc1. The highest BCUT2D eigenvalue weighted by Crippen LogP contribution is 2.24. The van der Waals surface area contributed by atoms with Gasteiger partial charge in [0, 0.05) is 48.3 Å². The van der Waals surface area contributed by atoms with E-state index in [0.717, 1.165) is 25.2 Å². The van der Waals surface area contributed by atoms with Gasteiger partial charge in [-0.1, -0.05) is 23.7 Å². The Bertz CT molecular complexity index is 1270. The Morgan fingerprint density at radius 2 is 1.50 bits per heavy atom. The summed E-state index contributed by atoms with van der Waals surface area (Å²) in [5, 5.41) is 6.11. The summed E-state index contributed by atoms with van der Waals surface area (Å²) in [6, 6.07) is 18.5. The van der Waals surface area contributed by atoms with E-state index in [1.165, 1.54) is 12.1 Å². The van der Waals surface area contributed by atoms with Crippen molar-refractivity contribution in [2.45, 2.75) is 12.8 Å². The van der Waals surface area contributed by atoms with Crippen LogP contribution in [0.3, 0.4) is 0 Å². The number of benzene rings is 3. The van der Waals surface area contributed by atoms with Crippen LogP contribution in [0, 0.1) is 0 Å². The lowest BCUT2D eigenvalue weighted by molar-refractivity contribution is -0.274. The number of amides is 3. The fourth-order valence-electron chi connectivity index (χ4n) is 4.06. The molecule has 4 rings (SSSR count). The zero-order chi connectivity index (χ0) is 28.5. The number of anilines is 3. The molecule has 3 amide bonds. The van der Waals surface area contributed by atoms with Gasteiger partial charge in [0.05, 0.1) is 19.6 Å². The quantitative estimate of drug-likeness (QED) is 0.337. The minimum Gasteiger partial charge on any atom is -0.406 e. The molecule has 0 bridgehead atoms. The van der Waals surface area contributed by atoms with Crippen molar-refractivity contribution in [3.63, 3.8) is 0 Å². The number of nitrogens with zero attached hydrogens (tertiary/aromatic N) is 2. The molecule has 3 aromatic rings. The number of hydrogen-bond acceptors (Lipinski definition) is 5. The zero-order valence-electron chi connectivity index (χ0n) is 21.4. The first-order chi connectivity index (χ1) is 19.1. The van der Waals surface area contributed by atoms with E-state index in [4.69, 9.17) is 16.3 Å². The minimum atomic E-state index is -4.79. The maximum Gasteiger partial charge on any atom is 0.573 e. The molecule has 3 aromatic carbocycles. The standard InChI is InChI=1S/C28H28ClF3N4O4/c29-21-3-5-23(6-4-21)34-27(38)36(14-13-35-15-17-39-18-16-35)24-9-1-20(2-10-24)19-26(37)33-22-7-11-25(12-8-22)40-28(30,31)32/h1-12H,13-19H2,(H,33,37)(H,34,38). The molecule has 0 unspecified atom stereocenters. The number of alkyl halides is 3. The highest BCUT2D eigenvalue weighted by molar-refractivity contribution is 6.30. The molecule has 40 heavy (non-hydrogen) atoms. The van der Waals surface area contributed by atoms with Crippen LogP contribution in [0.1, 0.15) is 5.56 Å². The predicted octanol–water partition coefficient (Wildman–Crippen LogP) is 5.79. The number of nitrogens with one attached hydrogen (secondary N) is 2. The van der Waals surface area contributed by atoms with Crippen LogP contribution in [0.15, 0.2) is 72.8 Å². The Morgan fingerprint density at radius 3 is 2.12 bits per heavy atom. The Hall–Kier alpha value is -3.80. The number of rotatable bonds is 9. The van der Waals surface area contributed by atoms with Crippen LogP contribution >= 0.6 is 11.6 Å². The number of ether oxygens (including phenoxy) is 2. The van der Waals surface area contributed by atoms with Crippen LogP contribution in [0.4, 0.5) is 35.0 Å². The molecule has 8 nitrogen and oxygen atoms in total. The maximum absolute atomic E-state index is 13.2. The Balaban J connectivity index is 1.38. The average molecular weight is 577 g/mol. The number of hydrogen-bond donors (Lipinski definition) is 2. The molecule has 2 N–H and O–H groups in total. The molecule has 0 aliphatic carbocycles. The Kier molecular flexibility index (Phi) is 9.86. The fraction of sp³-hybridized carbons (Fsp3) is 0.286. The lowest BCUT2D eigenvalue weighted by Crippen LogP contribution is -2.44. The van der Waals surface area contributed by atoms with E-state index in [2.05, 4.69) is 20.3 Å². The lowest BCUT2D eigenvalue weighted by atomic mass is 10.1. The largest absolute Gasteiger partial charge is 0.573 e. The number of carbonyl (C=O) groups is 2. The molecular formula is C28H28ClF3N4O4. The Labute approximate surface area is 234 Å². The molecule has 1 aliphatic heterocycles. The molecule has 0 atom stereocenters. The number of halogens is 4. The summed E-state index contributed by atoms with van der Waals surface area (Å²) in [4.78, 5) is 29.6. The van der Waals surface area contributed by atoms with Crippen molar-refractivity contribution in [2.24, 2.45) is 0 Å². The van der Waals surface area contributed by atoms with E-state index < -0.39 is 6.36 Å². The molecule has 212 valence electrons. The monoisotopic (exact) mass is 576 g/mol. The molecule has 1 saturated heterocycles. The molecule has 1 heterocycles. The average Bonchev–Trinajstić information content (AvgIpc) is 2.92. The summed E-state index contributed by atoms with van der Waals surface area (Å²) < 4.78 is 46.2. The topological polar surface area (TPSA) is 83.1 Å². The normalized spacial score (nSPS) is 13.9. The lowest BCUT2D eigenvalue weighted by Gasteiger charge is -2.30. The second-order valence-electron chi connectivity index (χ2n) is 9.01. The summed E-state index contributed by atoms with van der Waals surface area (Å²) in [5.41, 5.74) is 2.30. The summed E-state index contributed by atoms with van der Waals surface area (Å²) in [7, 11) is 0. The van der Waals surface area contributed by atoms with Crippen LogP contribution in [-0.2, 0) is 16.0 Å². The van der Waals surface area contributed by atoms with Crippen LogP contribution in [0.5, 0.6) is 5.75 Å². The molecule has 0 saturated carbocycles. The van der Waals surface area contributed by atoms with Crippen LogP contribution < -0.4 is 20.3 Å². The van der Waals surface area contributed by atoms with Gasteiger partial charge in [-0.25, -0.2) is 4.79 Å². The molecule has 1 fully saturated rings. The predicted molar refractivity (Wildman–Crippen MR) is 147 cm³/mol. The third-order valence-corrected chi connectivity index (χ3v) is 6.32. The second-order valence-corrected chi connectivity index (χ2v) is 9.44. The van der Waals surface area contributed by atoms with Gasteiger partial charge in [0.2, 0.25) is 5.91 Å². The molecule has 0 radical (unpaired) electrons. The highest BCUT2D eigenvalue weighted by Gasteiger charge is 2.31. The Morgan fingerprint density at radius 1 is 0.900 bits per heavy atom. The number of carbonyl (C=O) groups excluding carboxylic acids is 2. The molecule has 12 heteroatoms.